The molecule has 1 aliphatic carbocycles. The molecule has 1 aliphatic heterocycles. The molecular formula is C15H17F2NO3. The van der Waals surface area contributed by atoms with E-state index in [-0.39, 0.29) is 17.6 Å². The summed E-state index contributed by atoms with van der Waals surface area (Å²) in [7, 11) is 0. The van der Waals surface area contributed by atoms with Gasteiger partial charge in [-0.15, -0.1) is 0 Å². The van der Waals surface area contributed by atoms with Crippen LogP contribution in [0.1, 0.15) is 30.7 Å². The Kier molecular flexibility index (Phi) is 3.94. The van der Waals surface area contributed by atoms with E-state index in [0.717, 1.165) is 18.4 Å². The Morgan fingerprint density at radius 1 is 1.29 bits per heavy atom. The molecule has 4 nitrogen and oxygen atoms in total. The number of halogens is 2. The molecule has 0 spiro atoms. The quantitative estimate of drug-likeness (QED) is 0.878. The number of alkyl halides is 2. The van der Waals surface area contributed by atoms with Crippen molar-refractivity contribution in [3.63, 3.8) is 0 Å². The zero-order chi connectivity index (χ0) is 14.8. The van der Waals surface area contributed by atoms with E-state index >= 15 is 0 Å². The van der Waals surface area contributed by atoms with Gasteiger partial charge < -0.3 is 14.8 Å². The van der Waals surface area contributed by atoms with Crippen LogP contribution in [0.25, 0.3) is 0 Å². The zero-order valence-electron chi connectivity index (χ0n) is 11.5. The van der Waals surface area contributed by atoms with Gasteiger partial charge in [-0.05, 0) is 36.5 Å². The summed E-state index contributed by atoms with van der Waals surface area (Å²) in [6, 6.07) is 4.92. The average Bonchev–Trinajstić information content (AvgIpc) is 3.17. The number of carbonyl (C=O) groups is 1. The number of rotatable bonds is 6. The highest BCUT2D eigenvalue weighted by Crippen LogP contribution is 2.36. The molecule has 1 saturated heterocycles. The Morgan fingerprint density at radius 2 is 2.10 bits per heavy atom. The van der Waals surface area contributed by atoms with Crippen molar-refractivity contribution in [2.75, 3.05) is 13.2 Å². The van der Waals surface area contributed by atoms with Crippen molar-refractivity contribution in [3.8, 4) is 11.5 Å². The van der Waals surface area contributed by atoms with Crippen LogP contribution in [0.5, 0.6) is 11.5 Å². The maximum absolute atomic E-state index is 12.4. The number of hydrogen-bond donors (Lipinski definition) is 1. The maximum Gasteiger partial charge on any atom is 0.387 e. The summed E-state index contributed by atoms with van der Waals surface area (Å²) >= 11 is 0. The molecular weight excluding hydrogens is 280 g/mol. The van der Waals surface area contributed by atoms with E-state index in [2.05, 4.69) is 10.1 Å². The SMILES string of the molecule is O=C1C[C@@H](c2ccc(OC(F)F)c(OCC3CC3)c2)CN1. The fourth-order valence-electron chi connectivity index (χ4n) is 2.42. The fourth-order valence-corrected chi connectivity index (χ4v) is 2.42. The van der Waals surface area contributed by atoms with Gasteiger partial charge in [0.25, 0.3) is 0 Å². The van der Waals surface area contributed by atoms with Crippen molar-refractivity contribution in [1.29, 1.82) is 0 Å². The van der Waals surface area contributed by atoms with E-state index in [9.17, 15) is 13.6 Å². The van der Waals surface area contributed by atoms with Gasteiger partial charge in [0.05, 0.1) is 6.61 Å². The summed E-state index contributed by atoms with van der Waals surface area (Å²) in [6.45, 7) is -1.80. The summed E-state index contributed by atoms with van der Waals surface area (Å²) in [5.74, 6) is 0.961. The van der Waals surface area contributed by atoms with Gasteiger partial charge in [0.1, 0.15) is 0 Å². The number of amides is 1. The minimum atomic E-state index is -2.88. The predicted molar refractivity (Wildman–Crippen MR) is 71.7 cm³/mol. The maximum atomic E-state index is 12.4. The van der Waals surface area contributed by atoms with Crippen LogP contribution in [0, 0.1) is 5.92 Å². The number of hydrogen-bond acceptors (Lipinski definition) is 3. The van der Waals surface area contributed by atoms with Crippen molar-refractivity contribution < 1.29 is 23.0 Å². The van der Waals surface area contributed by atoms with E-state index < -0.39 is 6.61 Å². The van der Waals surface area contributed by atoms with Gasteiger partial charge in [-0.2, -0.15) is 8.78 Å². The topological polar surface area (TPSA) is 47.6 Å². The molecule has 6 heteroatoms. The highest BCUT2D eigenvalue weighted by molar-refractivity contribution is 5.79. The molecule has 1 atom stereocenters. The Morgan fingerprint density at radius 3 is 2.71 bits per heavy atom. The van der Waals surface area contributed by atoms with Crippen LogP contribution in [0.15, 0.2) is 18.2 Å². The summed E-state index contributed by atoms with van der Waals surface area (Å²) in [5, 5.41) is 2.76. The summed E-state index contributed by atoms with van der Waals surface area (Å²) in [6.07, 6.45) is 2.65. The van der Waals surface area contributed by atoms with Gasteiger partial charge in [-0.3, -0.25) is 4.79 Å². The van der Waals surface area contributed by atoms with Gasteiger partial charge in [-0.1, -0.05) is 6.07 Å². The largest absolute Gasteiger partial charge is 0.489 e. The molecule has 1 aromatic rings. The van der Waals surface area contributed by atoms with Crippen molar-refractivity contribution >= 4 is 5.91 Å². The molecule has 2 fully saturated rings. The lowest BCUT2D eigenvalue weighted by Crippen LogP contribution is -2.13. The second-order valence-electron chi connectivity index (χ2n) is 5.54. The lowest BCUT2D eigenvalue weighted by molar-refractivity contribution is -0.119. The second kappa shape index (κ2) is 5.87. The minimum absolute atomic E-state index is 0.00774. The standard InChI is InChI=1S/C15H17F2NO3/c16-15(17)21-12-4-3-10(11-6-14(19)18-7-11)5-13(12)20-8-9-1-2-9/h3-5,9,11,15H,1-2,6-8H2,(H,18,19)/t11-/m1/s1. The number of nitrogens with one attached hydrogen (secondary N) is 1. The molecule has 114 valence electrons. The van der Waals surface area contributed by atoms with Crippen LogP contribution in [-0.2, 0) is 4.79 Å². The second-order valence-corrected chi connectivity index (χ2v) is 5.54. The molecule has 1 aromatic carbocycles. The van der Waals surface area contributed by atoms with E-state index in [1.165, 1.54) is 6.07 Å². The number of carbonyl (C=O) groups excluding carboxylic acids is 1. The van der Waals surface area contributed by atoms with Gasteiger partial charge >= 0.3 is 6.61 Å². The predicted octanol–water partition coefficient (Wildman–Crippen LogP) is 2.68. The molecule has 0 bridgehead atoms. The summed E-state index contributed by atoms with van der Waals surface area (Å²) in [4.78, 5) is 11.3. The third kappa shape index (κ3) is 3.62. The lowest BCUT2D eigenvalue weighted by Gasteiger charge is -2.15. The molecule has 0 aromatic heterocycles. The van der Waals surface area contributed by atoms with E-state index in [0.29, 0.717) is 31.2 Å². The normalized spacial score (nSPS) is 21.5. The Hall–Kier alpha value is -1.85. The van der Waals surface area contributed by atoms with Gasteiger partial charge in [0.15, 0.2) is 11.5 Å². The highest BCUT2D eigenvalue weighted by Gasteiger charge is 2.26. The van der Waals surface area contributed by atoms with E-state index in [4.69, 9.17) is 4.74 Å². The highest BCUT2D eigenvalue weighted by atomic mass is 19.3. The monoisotopic (exact) mass is 297 g/mol. The van der Waals surface area contributed by atoms with Gasteiger partial charge in [-0.25, -0.2) is 0 Å². The molecule has 1 amide bonds. The van der Waals surface area contributed by atoms with Crippen molar-refractivity contribution in [3.05, 3.63) is 23.8 Å². The smallest absolute Gasteiger partial charge is 0.387 e. The molecule has 2 aliphatic rings. The van der Waals surface area contributed by atoms with Crippen LogP contribution in [0.4, 0.5) is 8.78 Å². The number of benzene rings is 1. The first kappa shape index (κ1) is 14.1. The summed E-state index contributed by atoms with van der Waals surface area (Å²) in [5.41, 5.74) is 0.903. The van der Waals surface area contributed by atoms with Crippen LogP contribution in [0.3, 0.4) is 0 Å². The first-order chi connectivity index (χ1) is 10.1. The molecule has 1 saturated carbocycles. The minimum Gasteiger partial charge on any atom is -0.489 e. The third-order valence-electron chi connectivity index (χ3n) is 3.80. The average molecular weight is 297 g/mol. The van der Waals surface area contributed by atoms with Crippen LogP contribution >= 0.6 is 0 Å². The van der Waals surface area contributed by atoms with Crippen LogP contribution < -0.4 is 14.8 Å². The molecule has 1 heterocycles. The fraction of sp³-hybridized carbons (Fsp3) is 0.533. The third-order valence-corrected chi connectivity index (χ3v) is 3.80. The summed E-state index contributed by atoms with van der Waals surface area (Å²) < 4.78 is 35.0. The van der Waals surface area contributed by atoms with Gasteiger partial charge in [0, 0.05) is 18.9 Å². The molecule has 0 unspecified atom stereocenters. The molecule has 0 radical (unpaired) electrons. The van der Waals surface area contributed by atoms with Crippen molar-refractivity contribution in [1.82, 2.24) is 5.32 Å². The number of ether oxygens (including phenoxy) is 2. The Labute approximate surface area is 121 Å². The van der Waals surface area contributed by atoms with Crippen molar-refractivity contribution in [2.24, 2.45) is 5.92 Å². The first-order valence-electron chi connectivity index (χ1n) is 7.10. The molecule has 1 N–H and O–H groups in total. The Bertz CT molecular complexity index is 532. The Balaban J connectivity index is 1.78. The van der Waals surface area contributed by atoms with Crippen LogP contribution in [-0.4, -0.2) is 25.7 Å². The van der Waals surface area contributed by atoms with Gasteiger partial charge in [0.2, 0.25) is 5.91 Å². The first-order valence-corrected chi connectivity index (χ1v) is 7.10. The van der Waals surface area contributed by atoms with Crippen LogP contribution in [0.2, 0.25) is 0 Å². The van der Waals surface area contributed by atoms with E-state index in [1.807, 2.05) is 0 Å². The molecule has 21 heavy (non-hydrogen) atoms. The van der Waals surface area contributed by atoms with E-state index in [1.54, 1.807) is 12.1 Å². The zero-order valence-corrected chi connectivity index (χ0v) is 11.5. The molecule has 3 rings (SSSR count). The lowest BCUT2D eigenvalue weighted by atomic mass is 9.98. The van der Waals surface area contributed by atoms with Crippen molar-refractivity contribution in [2.45, 2.75) is 31.8 Å².